The van der Waals surface area contributed by atoms with Crippen molar-refractivity contribution in [3.05, 3.63) is 76.9 Å². The van der Waals surface area contributed by atoms with E-state index in [2.05, 4.69) is 6.07 Å². The van der Waals surface area contributed by atoms with Gasteiger partial charge in [-0.25, -0.2) is 0 Å². The lowest BCUT2D eigenvalue weighted by Gasteiger charge is -2.23. The molecule has 5 nitrogen and oxygen atoms in total. The molecule has 0 N–H and O–H groups in total. The zero-order valence-corrected chi connectivity index (χ0v) is 19.1. The Bertz CT molecular complexity index is 1150. The van der Waals surface area contributed by atoms with E-state index in [9.17, 15) is 9.59 Å². The molecule has 0 aromatic heterocycles. The topological polar surface area (TPSA) is 49.9 Å². The number of fused-ring (bicyclic) bond motifs is 1. The number of hydrogen-bond donors (Lipinski definition) is 0. The summed E-state index contributed by atoms with van der Waals surface area (Å²) in [7, 11) is 0. The zero-order chi connectivity index (χ0) is 22.7. The molecule has 0 saturated carbocycles. The van der Waals surface area contributed by atoms with E-state index in [1.165, 1.54) is 0 Å². The van der Waals surface area contributed by atoms with Crippen molar-refractivity contribution >= 4 is 22.6 Å². The highest BCUT2D eigenvalue weighted by Gasteiger charge is 2.24. The fraction of sp³-hybridized carbons (Fsp3) is 0.333. The Hall–Kier alpha value is -3.34. The molecule has 1 heterocycles. The van der Waals surface area contributed by atoms with Crippen LogP contribution in [0.25, 0.3) is 10.8 Å². The predicted molar refractivity (Wildman–Crippen MR) is 127 cm³/mol. The van der Waals surface area contributed by atoms with Gasteiger partial charge in [0.05, 0.1) is 0 Å². The van der Waals surface area contributed by atoms with Gasteiger partial charge >= 0.3 is 0 Å². The number of ether oxygens (including phenoxy) is 1. The first-order valence-electron chi connectivity index (χ1n) is 11.2. The van der Waals surface area contributed by atoms with E-state index in [0.29, 0.717) is 26.2 Å². The smallest absolute Gasteiger partial charge is 0.260 e. The number of carbonyl (C=O) groups excluding carboxylic acids is 2. The minimum absolute atomic E-state index is 0.0163. The fourth-order valence-corrected chi connectivity index (χ4v) is 4.32. The molecule has 4 rings (SSSR count). The standard InChI is InChI=1S/C27H30N2O3/c1-19-12-13-20(2)26(21(19)3)32-18-25(30)28-14-7-15-29(17-16-28)27(31)24-11-6-9-22-8-4-5-10-23(22)24/h4-6,8-13H,7,14-18H2,1-3H3. The summed E-state index contributed by atoms with van der Waals surface area (Å²) in [6, 6.07) is 17.9. The second-order valence-electron chi connectivity index (χ2n) is 8.50. The third kappa shape index (κ3) is 4.47. The number of aryl methyl sites for hydroxylation is 2. The SMILES string of the molecule is Cc1ccc(C)c(OCC(=O)N2CCCN(C(=O)c3cccc4ccccc34)CC2)c1C. The molecule has 0 atom stereocenters. The van der Waals surface area contributed by atoms with Gasteiger partial charge in [0.25, 0.3) is 11.8 Å². The van der Waals surface area contributed by atoms with Crippen LogP contribution >= 0.6 is 0 Å². The Morgan fingerprint density at radius 2 is 1.50 bits per heavy atom. The fourth-order valence-electron chi connectivity index (χ4n) is 4.32. The Kier molecular flexibility index (Phi) is 6.45. The number of hydrogen-bond acceptors (Lipinski definition) is 3. The van der Waals surface area contributed by atoms with Crippen LogP contribution < -0.4 is 4.74 Å². The van der Waals surface area contributed by atoms with Crippen LogP contribution in [0.15, 0.2) is 54.6 Å². The van der Waals surface area contributed by atoms with Gasteiger partial charge in [-0.1, -0.05) is 48.5 Å². The number of amides is 2. The van der Waals surface area contributed by atoms with Crippen molar-refractivity contribution in [1.82, 2.24) is 9.80 Å². The van der Waals surface area contributed by atoms with Crippen LogP contribution in [0.1, 0.15) is 33.5 Å². The van der Waals surface area contributed by atoms with Crippen molar-refractivity contribution < 1.29 is 14.3 Å². The van der Waals surface area contributed by atoms with Crippen molar-refractivity contribution in [2.45, 2.75) is 27.2 Å². The molecule has 2 amide bonds. The summed E-state index contributed by atoms with van der Waals surface area (Å²) in [6.07, 6.45) is 0.755. The first-order valence-corrected chi connectivity index (χ1v) is 11.2. The van der Waals surface area contributed by atoms with Gasteiger partial charge in [0.1, 0.15) is 5.75 Å². The summed E-state index contributed by atoms with van der Waals surface area (Å²) in [5, 5.41) is 2.03. The monoisotopic (exact) mass is 430 g/mol. The minimum atomic E-state index is -0.0373. The lowest BCUT2D eigenvalue weighted by atomic mass is 10.0. The summed E-state index contributed by atoms with van der Waals surface area (Å²) in [5.74, 6) is 0.782. The van der Waals surface area contributed by atoms with Gasteiger partial charge in [-0.3, -0.25) is 9.59 Å². The molecule has 3 aromatic carbocycles. The van der Waals surface area contributed by atoms with Gasteiger partial charge in [-0.15, -0.1) is 0 Å². The Balaban J connectivity index is 1.40. The van der Waals surface area contributed by atoms with Gasteiger partial charge in [-0.2, -0.15) is 0 Å². The van der Waals surface area contributed by atoms with Gasteiger partial charge in [0.15, 0.2) is 6.61 Å². The summed E-state index contributed by atoms with van der Waals surface area (Å²) in [5.41, 5.74) is 3.97. The summed E-state index contributed by atoms with van der Waals surface area (Å²) >= 11 is 0. The average molecular weight is 431 g/mol. The highest BCUT2D eigenvalue weighted by atomic mass is 16.5. The second kappa shape index (κ2) is 9.43. The van der Waals surface area contributed by atoms with Crippen LogP contribution in [-0.2, 0) is 4.79 Å². The maximum atomic E-state index is 13.3. The third-order valence-electron chi connectivity index (χ3n) is 6.37. The molecule has 0 bridgehead atoms. The minimum Gasteiger partial charge on any atom is -0.483 e. The normalized spacial score (nSPS) is 14.3. The van der Waals surface area contributed by atoms with Crippen LogP contribution in [0, 0.1) is 20.8 Å². The van der Waals surface area contributed by atoms with E-state index in [-0.39, 0.29) is 18.4 Å². The van der Waals surface area contributed by atoms with Crippen LogP contribution in [0.3, 0.4) is 0 Å². The quantitative estimate of drug-likeness (QED) is 0.612. The zero-order valence-electron chi connectivity index (χ0n) is 19.1. The highest BCUT2D eigenvalue weighted by molar-refractivity contribution is 6.07. The molecule has 1 saturated heterocycles. The number of rotatable bonds is 4. The summed E-state index contributed by atoms with van der Waals surface area (Å²) < 4.78 is 5.92. The maximum Gasteiger partial charge on any atom is 0.260 e. The van der Waals surface area contributed by atoms with Crippen LogP contribution in [0.2, 0.25) is 0 Å². The van der Waals surface area contributed by atoms with Crippen LogP contribution in [-0.4, -0.2) is 54.4 Å². The molecule has 0 aliphatic carbocycles. The van der Waals surface area contributed by atoms with Crippen molar-refractivity contribution in [3.63, 3.8) is 0 Å². The number of nitrogens with zero attached hydrogens (tertiary/aromatic N) is 2. The predicted octanol–water partition coefficient (Wildman–Crippen LogP) is 4.52. The van der Waals surface area contributed by atoms with E-state index >= 15 is 0 Å². The Morgan fingerprint density at radius 1 is 0.812 bits per heavy atom. The lowest BCUT2D eigenvalue weighted by Crippen LogP contribution is -2.39. The van der Waals surface area contributed by atoms with Crippen molar-refractivity contribution in [1.29, 1.82) is 0 Å². The first kappa shape index (κ1) is 21.9. The third-order valence-corrected chi connectivity index (χ3v) is 6.37. The van der Waals surface area contributed by atoms with E-state index in [0.717, 1.165) is 45.2 Å². The van der Waals surface area contributed by atoms with Gasteiger partial charge < -0.3 is 14.5 Å². The second-order valence-corrected chi connectivity index (χ2v) is 8.50. The molecule has 32 heavy (non-hydrogen) atoms. The average Bonchev–Trinajstić information content (AvgIpc) is 3.07. The molecule has 0 unspecified atom stereocenters. The molecule has 166 valence electrons. The van der Waals surface area contributed by atoms with Gasteiger partial charge in [0.2, 0.25) is 0 Å². The van der Waals surface area contributed by atoms with Crippen molar-refractivity contribution in [3.8, 4) is 5.75 Å². The van der Waals surface area contributed by atoms with Gasteiger partial charge in [0, 0.05) is 31.7 Å². The molecule has 0 radical (unpaired) electrons. The van der Waals surface area contributed by atoms with Crippen LogP contribution in [0.4, 0.5) is 0 Å². The Labute approximate surface area is 189 Å². The summed E-state index contributed by atoms with van der Waals surface area (Å²) in [6.45, 7) is 8.39. The molecule has 0 spiro atoms. The molecular formula is C27H30N2O3. The molecule has 1 aliphatic rings. The lowest BCUT2D eigenvalue weighted by molar-refractivity contribution is -0.133. The summed E-state index contributed by atoms with van der Waals surface area (Å²) in [4.78, 5) is 29.8. The molecule has 5 heteroatoms. The van der Waals surface area contributed by atoms with Crippen molar-refractivity contribution in [2.75, 3.05) is 32.8 Å². The van der Waals surface area contributed by atoms with Crippen LogP contribution in [0.5, 0.6) is 5.75 Å². The van der Waals surface area contributed by atoms with E-state index in [4.69, 9.17) is 4.74 Å². The van der Waals surface area contributed by atoms with Gasteiger partial charge in [-0.05, 0) is 60.7 Å². The molecule has 1 aliphatic heterocycles. The molecule has 3 aromatic rings. The largest absolute Gasteiger partial charge is 0.483 e. The van der Waals surface area contributed by atoms with E-state index in [1.807, 2.05) is 79.1 Å². The number of benzene rings is 3. The first-order chi connectivity index (χ1) is 15.5. The van der Waals surface area contributed by atoms with Crippen molar-refractivity contribution in [2.24, 2.45) is 0 Å². The maximum absolute atomic E-state index is 13.3. The van der Waals surface area contributed by atoms with E-state index in [1.54, 1.807) is 0 Å². The highest BCUT2D eigenvalue weighted by Crippen LogP contribution is 2.26. The number of carbonyl (C=O) groups is 2. The Morgan fingerprint density at radius 3 is 2.34 bits per heavy atom. The van der Waals surface area contributed by atoms with E-state index < -0.39 is 0 Å². The molecular weight excluding hydrogens is 400 g/mol. The molecule has 1 fully saturated rings.